The zero-order chi connectivity index (χ0) is 20.1. The lowest BCUT2D eigenvalue weighted by Gasteiger charge is -2.32. The number of hydrogen-bond donors (Lipinski definition) is 0. The number of carbonyl (C=O) groups excluding carboxylic acids is 1. The SMILES string of the molecule is Cc1ccnn1CCC(=O)N1CCCC(c2cncc(Oc3ccccc3)n2)C1. The molecule has 1 fully saturated rings. The fraction of sp³-hybridized carbons (Fsp3) is 0.364. The lowest BCUT2D eigenvalue weighted by molar-refractivity contribution is -0.132. The summed E-state index contributed by atoms with van der Waals surface area (Å²) < 4.78 is 7.68. The van der Waals surface area contributed by atoms with Gasteiger partial charge in [0.15, 0.2) is 0 Å². The van der Waals surface area contributed by atoms with Gasteiger partial charge >= 0.3 is 0 Å². The van der Waals surface area contributed by atoms with Crippen molar-refractivity contribution in [2.75, 3.05) is 13.1 Å². The Hall–Kier alpha value is -3.22. The number of benzene rings is 1. The van der Waals surface area contributed by atoms with E-state index in [4.69, 9.17) is 4.74 Å². The molecule has 150 valence electrons. The highest BCUT2D eigenvalue weighted by molar-refractivity contribution is 5.76. The molecule has 29 heavy (non-hydrogen) atoms. The summed E-state index contributed by atoms with van der Waals surface area (Å²) in [6, 6.07) is 11.5. The molecule has 0 radical (unpaired) electrons. The van der Waals surface area contributed by atoms with Crippen molar-refractivity contribution >= 4 is 5.91 Å². The monoisotopic (exact) mass is 391 g/mol. The smallest absolute Gasteiger partial charge is 0.238 e. The Morgan fingerprint density at radius 3 is 2.86 bits per heavy atom. The van der Waals surface area contributed by atoms with Crippen LogP contribution in [0.5, 0.6) is 11.6 Å². The zero-order valence-electron chi connectivity index (χ0n) is 16.6. The van der Waals surface area contributed by atoms with Gasteiger partial charge in [0.25, 0.3) is 0 Å². The van der Waals surface area contributed by atoms with Gasteiger partial charge in [0.05, 0.1) is 11.9 Å². The van der Waals surface area contributed by atoms with Crippen LogP contribution in [0.4, 0.5) is 0 Å². The number of ether oxygens (including phenoxy) is 1. The van der Waals surface area contributed by atoms with E-state index in [1.807, 2.05) is 52.9 Å². The second-order valence-corrected chi connectivity index (χ2v) is 7.32. The third kappa shape index (κ3) is 4.80. The Morgan fingerprint density at radius 2 is 2.07 bits per heavy atom. The third-order valence-corrected chi connectivity index (χ3v) is 5.26. The molecule has 2 aromatic heterocycles. The first kappa shape index (κ1) is 19.1. The molecule has 0 aliphatic carbocycles. The molecule has 1 aliphatic rings. The van der Waals surface area contributed by atoms with Crippen molar-refractivity contribution in [3.8, 4) is 11.6 Å². The first-order chi connectivity index (χ1) is 14.2. The number of para-hydroxylation sites is 1. The van der Waals surface area contributed by atoms with Gasteiger partial charge < -0.3 is 9.64 Å². The van der Waals surface area contributed by atoms with Gasteiger partial charge in [-0.2, -0.15) is 5.10 Å². The van der Waals surface area contributed by atoms with Crippen molar-refractivity contribution < 1.29 is 9.53 Å². The number of rotatable bonds is 6. The highest BCUT2D eigenvalue weighted by Crippen LogP contribution is 2.27. The second-order valence-electron chi connectivity index (χ2n) is 7.32. The van der Waals surface area contributed by atoms with E-state index in [0.29, 0.717) is 25.4 Å². The second kappa shape index (κ2) is 8.86. The molecular formula is C22H25N5O2. The fourth-order valence-corrected chi connectivity index (χ4v) is 3.66. The van der Waals surface area contributed by atoms with E-state index in [2.05, 4.69) is 15.1 Å². The van der Waals surface area contributed by atoms with Crippen LogP contribution in [0.1, 0.15) is 36.6 Å². The Balaban J connectivity index is 1.38. The van der Waals surface area contributed by atoms with Gasteiger partial charge in [-0.05, 0) is 38.0 Å². The van der Waals surface area contributed by atoms with Crippen molar-refractivity contribution in [1.29, 1.82) is 0 Å². The summed E-state index contributed by atoms with van der Waals surface area (Å²) in [6.07, 6.45) is 7.57. The van der Waals surface area contributed by atoms with Gasteiger partial charge in [0.1, 0.15) is 5.75 Å². The van der Waals surface area contributed by atoms with Crippen LogP contribution in [-0.2, 0) is 11.3 Å². The van der Waals surface area contributed by atoms with Crippen LogP contribution in [0.2, 0.25) is 0 Å². The van der Waals surface area contributed by atoms with Crippen molar-refractivity contribution in [1.82, 2.24) is 24.6 Å². The molecular weight excluding hydrogens is 366 g/mol. The van der Waals surface area contributed by atoms with Crippen LogP contribution in [-0.4, -0.2) is 43.6 Å². The molecule has 3 heterocycles. The Morgan fingerprint density at radius 1 is 1.21 bits per heavy atom. The summed E-state index contributed by atoms with van der Waals surface area (Å²) >= 11 is 0. The largest absolute Gasteiger partial charge is 0.437 e. The molecule has 4 rings (SSSR count). The van der Waals surface area contributed by atoms with Gasteiger partial charge in [-0.3, -0.25) is 14.5 Å². The molecule has 1 aromatic carbocycles. The van der Waals surface area contributed by atoms with E-state index in [1.165, 1.54) is 0 Å². The maximum atomic E-state index is 12.7. The van der Waals surface area contributed by atoms with Gasteiger partial charge in [0, 0.05) is 50.1 Å². The summed E-state index contributed by atoms with van der Waals surface area (Å²) in [5.74, 6) is 1.54. The lowest BCUT2D eigenvalue weighted by atomic mass is 9.95. The Labute approximate surface area is 170 Å². The van der Waals surface area contributed by atoms with Crippen molar-refractivity contribution in [3.05, 3.63) is 66.4 Å². The molecule has 1 amide bonds. The number of carbonyl (C=O) groups is 1. The fourth-order valence-electron chi connectivity index (χ4n) is 3.66. The summed E-state index contributed by atoms with van der Waals surface area (Å²) in [5.41, 5.74) is 1.94. The van der Waals surface area contributed by atoms with Crippen molar-refractivity contribution in [3.63, 3.8) is 0 Å². The Bertz CT molecular complexity index is 957. The molecule has 1 saturated heterocycles. The van der Waals surface area contributed by atoms with Crippen LogP contribution >= 0.6 is 0 Å². The first-order valence-electron chi connectivity index (χ1n) is 10.00. The van der Waals surface area contributed by atoms with Gasteiger partial charge in [-0.25, -0.2) is 4.98 Å². The summed E-state index contributed by atoms with van der Waals surface area (Å²) in [4.78, 5) is 23.6. The van der Waals surface area contributed by atoms with Gasteiger partial charge in [0.2, 0.25) is 11.8 Å². The van der Waals surface area contributed by atoms with E-state index in [9.17, 15) is 4.79 Å². The van der Waals surface area contributed by atoms with Gasteiger partial charge in [-0.1, -0.05) is 18.2 Å². The third-order valence-electron chi connectivity index (χ3n) is 5.26. The summed E-state index contributed by atoms with van der Waals surface area (Å²) in [5, 5.41) is 4.25. The highest BCUT2D eigenvalue weighted by Gasteiger charge is 2.26. The summed E-state index contributed by atoms with van der Waals surface area (Å²) in [6.45, 7) is 4.07. The topological polar surface area (TPSA) is 73.1 Å². The molecule has 1 aliphatic heterocycles. The molecule has 1 unspecified atom stereocenters. The van der Waals surface area contributed by atoms with Crippen molar-refractivity contribution in [2.45, 2.75) is 38.6 Å². The Kier molecular flexibility index (Phi) is 5.84. The molecule has 0 spiro atoms. The maximum absolute atomic E-state index is 12.7. The molecule has 0 saturated carbocycles. The minimum Gasteiger partial charge on any atom is -0.437 e. The number of aryl methyl sites for hydroxylation is 2. The predicted octanol–water partition coefficient (Wildman–Crippen LogP) is 3.57. The van der Waals surface area contributed by atoms with E-state index in [0.717, 1.165) is 36.5 Å². The van der Waals surface area contributed by atoms with Crippen LogP contribution in [0.3, 0.4) is 0 Å². The number of aromatic nitrogens is 4. The summed E-state index contributed by atoms with van der Waals surface area (Å²) in [7, 11) is 0. The lowest BCUT2D eigenvalue weighted by Crippen LogP contribution is -2.39. The number of piperidine rings is 1. The number of amides is 1. The van der Waals surface area contributed by atoms with Crippen LogP contribution < -0.4 is 4.74 Å². The highest BCUT2D eigenvalue weighted by atomic mass is 16.5. The minimum absolute atomic E-state index is 0.161. The van der Waals surface area contributed by atoms with E-state index in [1.54, 1.807) is 18.6 Å². The normalized spacial score (nSPS) is 16.6. The van der Waals surface area contributed by atoms with Crippen molar-refractivity contribution in [2.24, 2.45) is 0 Å². The average Bonchev–Trinajstić information content (AvgIpc) is 3.18. The van der Waals surface area contributed by atoms with Crippen LogP contribution in [0, 0.1) is 6.92 Å². The molecule has 7 heteroatoms. The standard InChI is InChI=1S/C22H25N5O2/c1-17-9-11-24-27(17)13-10-22(28)26-12-5-6-18(16-26)20-14-23-15-21(25-20)29-19-7-3-2-4-8-19/h2-4,7-9,11,14-15,18H,5-6,10,12-13,16H2,1H3. The molecule has 1 atom stereocenters. The van der Waals surface area contributed by atoms with E-state index < -0.39 is 0 Å². The van der Waals surface area contributed by atoms with Gasteiger partial charge in [-0.15, -0.1) is 0 Å². The number of likely N-dealkylation sites (tertiary alicyclic amines) is 1. The molecule has 7 nitrogen and oxygen atoms in total. The predicted molar refractivity (Wildman–Crippen MR) is 109 cm³/mol. The number of hydrogen-bond acceptors (Lipinski definition) is 5. The quantitative estimate of drug-likeness (QED) is 0.642. The molecule has 0 N–H and O–H groups in total. The van der Waals surface area contributed by atoms with E-state index in [-0.39, 0.29) is 11.8 Å². The molecule has 3 aromatic rings. The maximum Gasteiger partial charge on any atom is 0.238 e. The number of nitrogens with zero attached hydrogens (tertiary/aromatic N) is 5. The van der Waals surface area contributed by atoms with Crippen LogP contribution in [0.15, 0.2) is 55.0 Å². The first-order valence-corrected chi connectivity index (χ1v) is 10.00. The average molecular weight is 391 g/mol. The van der Waals surface area contributed by atoms with Crippen LogP contribution in [0.25, 0.3) is 0 Å². The van der Waals surface area contributed by atoms with E-state index >= 15 is 0 Å². The minimum atomic E-state index is 0.161. The zero-order valence-corrected chi connectivity index (χ0v) is 16.6. The molecule has 0 bridgehead atoms.